The zero-order valence-electron chi connectivity index (χ0n) is 13.0. The van der Waals surface area contributed by atoms with Crippen LogP contribution in [0.2, 0.25) is 0 Å². The summed E-state index contributed by atoms with van der Waals surface area (Å²) in [5.41, 5.74) is 1.42. The molecule has 0 spiro atoms. The summed E-state index contributed by atoms with van der Waals surface area (Å²) in [6.07, 6.45) is 1.60. The van der Waals surface area contributed by atoms with Crippen molar-refractivity contribution in [3.63, 3.8) is 0 Å². The Morgan fingerprint density at radius 2 is 1.90 bits per heavy atom. The second-order valence-electron chi connectivity index (χ2n) is 5.68. The first-order valence-electron chi connectivity index (χ1n) is 7.46. The summed E-state index contributed by atoms with van der Waals surface area (Å²) >= 11 is 0. The van der Waals surface area contributed by atoms with Crippen LogP contribution in [0.5, 0.6) is 0 Å². The maximum atomic E-state index is 12.8. The molecule has 4 heteroatoms. The fraction of sp³-hybridized carbons (Fsp3) is 0.529. The number of carbonyl (C=O) groups excluding carboxylic acids is 2. The molecule has 1 aromatic carbocycles. The van der Waals surface area contributed by atoms with Crippen LogP contribution in [-0.2, 0) is 19.7 Å². The maximum absolute atomic E-state index is 12.8. The summed E-state index contributed by atoms with van der Waals surface area (Å²) in [7, 11) is 1.62. The minimum Gasteiger partial charge on any atom is -0.385 e. The lowest BCUT2D eigenvalue weighted by Gasteiger charge is -2.26. The molecule has 21 heavy (non-hydrogen) atoms. The van der Waals surface area contributed by atoms with E-state index in [4.69, 9.17) is 4.74 Å². The van der Waals surface area contributed by atoms with Crippen molar-refractivity contribution in [3.05, 3.63) is 35.4 Å². The summed E-state index contributed by atoms with van der Waals surface area (Å²) in [4.78, 5) is 26.5. The van der Waals surface area contributed by atoms with Gasteiger partial charge in [-0.3, -0.25) is 14.5 Å². The Hall–Kier alpha value is -1.68. The molecule has 114 valence electrons. The average molecular weight is 289 g/mol. The molecule has 0 N–H and O–H groups in total. The van der Waals surface area contributed by atoms with Gasteiger partial charge in [0.15, 0.2) is 0 Å². The molecular formula is C17H23NO3. The Bertz CT molecular complexity index is 523. The summed E-state index contributed by atoms with van der Waals surface area (Å²) in [5, 5.41) is 0. The third kappa shape index (κ3) is 2.86. The van der Waals surface area contributed by atoms with Crippen molar-refractivity contribution in [1.82, 2.24) is 4.90 Å². The van der Waals surface area contributed by atoms with Crippen molar-refractivity contribution < 1.29 is 14.3 Å². The van der Waals surface area contributed by atoms with E-state index in [2.05, 4.69) is 0 Å². The van der Waals surface area contributed by atoms with Crippen LogP contribution < -0.4 is 0 Å². The predicted octanol–water partition coefficient (Wildman–Crippen LogP) is 2.44. The third-order valence-electron chi connectivity index (χ3n) is 4.35. The third-order valence-corrected chi connectivity index (χ3v) is 4.35. The first kappa shape index (κ1) is 15.7. The van der Waals surface area contributed by atoms with Gasteiger partial charge < -0.3 is 4.74 Å². The number of ether oxygens (including phenoxy) is 1. The highest BCUT2D eigenvalue weighted by Gasteiger charge is 2.51. The van der Waals surface area contributed by atoms with Crippen LogP contribution >= 0.6 is 0 Å². The molecule has 2 rings (SSSR count). The Kier molecular flexibility index (Phi) is 4.78. The van der Waals surface area contributed by atoms with Gasteiger partial charge in [0.05, 0.1) is 5.41 Å². The second kappa shape index (κ2) is 6.39. The van der Waals surface area contributed by atoms with Gasteiger partial charge in [-0.05, 0) is 25.3 Å². The van der Waals surface area contributed by atoms with Gasteiger partial charge in [-0.1, -0.05) is 36.8 Å². The second-order valence-corrected chi connectivity index (χ2v) is 5.68. The Morgan fingerprint density at radius 3 is 2.48 bits per heavy atom. The Labute approximate surface area is 126 Å². The van der Waals surface area contributed by atoms with Gasteiger partial charge in [0.1, 0.15) is 0 Å². The fourth-order valence-electron chi connectivity index (χ4n) is 2.97. The first-order valence-corrected chi connectivity index (χ1v) is 7.46. The number of hydrogen-bond acceptors (Lipinski definition) is 3. The van der Waals surface area contributed by atoms with E-state index in [1.807, 2.05) is 38.1 Å². The molecule has 1 aliphatic rings. The van der Waals surface area contributed by atoms with E-state index in [1.165, 1.54) is 4.90 Å². The molecule has 2 amide bonds. The van der Waals surface area contributed by atoms with Crippen molar-refractivity contribution in [2.24, 2.45) is 0 Å². The molecule has 0 saturated carbocycles. The largest absolute Gasteiger partial charge is 0.385 e. The monoisotopic (exact) mass is 289 g/mol. The molecule has 0 bridgehead atoms. The molecule has 1 fully saturated rings. The van der Waals surface area contributed by atoms with Crippen LogP contribution in [0.15, 0.2) is 24.3 Å². The normalized spacial score (nSPS) is 22.1. The molecule has 1 heterocycles. The number of hydrogen-bond donors (Lipinski definition) is 0. The highest BCUT2D eigenvalue weighted by Crippen LogP contribution is 2.39. The molecule has 0 radical (unpaired) electrons. The van der Waals surface area contributed by atoms with Gasteiger partial charge >= 0.3 is 0 Å². The summed E-state index contributed by atoms with van der Waals surface area (Å²) in [5.74, 6) is -0.131. The van der Waals surface area contributed by atoms with Crippen molar-refractivity contribution >= 4 is 11.8 Å². The highest BCUT2D eigenvalue weighted by atomic mass is 16.5. The highest BCUT2D eigenvalue weighted by molar-refractivity contribution is 6.09. The number of rotatable bonds is 6. The molecule has 0 unspecified atom stereocenters. The molecule has 0 aromatic heterocycles. The molecule has 4 nitrogen and oxygen atoms in total. The van der Waals surface area contributed by atoms with E-state index in [-0.39, 0.29) is 18.2 Å². The van der Waals surface area contributed by atoms with E-state index in [0.717, 1.165) is 11.1 Å². The standard InChI is InChI=1S/C17H23NO3/c1-4-17(14-8-6-13(2)7-9-14)12-15(19)18(16(17)20)10-5-11-21-3/h6-9H,4-5,10-12H2,1-3H3/t17-/m1/s1. The predicted molar refractivity (Wildman–Crippen MR) is 81.0 cm³/mol. The summed E-state index contributed by atoms with van der Waals surface area (Å²) < 4.78 is 5.00. The van der Waals surface area contributed by atoms with E-state index in [0.29, 0.717) is 26.0 Å². The van der Waals surface area contributed by atoms with E-state index in [9.17, 15) is 9.59 Å². The lowest BCUT2D eigenvalue weighted by Crippen LogP contribution is -2.38. The molecule has 0 aliphatic carbocycles. The quantitative estimate of drug-likeness (QED) is 0.597. The fourth-order valence-corrected chi connectivity index (χ4v) is 2.97. The van der Waals surface area contributed by atoms with Crippen LogP contribution in [-0.4, -0.2) is 37.0 Å². The van der Waals surface area contributed by atoms with Gasteiger partial charge in [-0.15, -0.1) is 0 Å². The zero-order valence-corrected chi connectivity index (χ0v) is 13.0. The van der Waals surface area contributed by atoms with Crippen LogP contribution in [0.4, 0.5) is 0 Å². The van der Waals surface area contributed by atoms with Gasteiger partial charge in [-0.2, -0.15) is 0 Å². The van der Waals surface area contributed by atoms with E-state index >= 15 is 0 Å². The number of nitrogens with zero attached hydrogens (tertiary/aromatic N) is 1. The van der Waals surface area contributed by atoms with Crippen LogP contribution in [0, 0.1) is 6.92 Å². The minimum atomic E-state index is -0.683. The summed E-state index contributed by atoms with van der Waals surface area (Å²) in [6, 6.07) is 7.95. The molecule has 1 saturated heterocycles. The first-order chi connectivity index (χ1) is 10.0. The topological polar surface area (TPSA) is 46.6 Å². The van der Waals surface area contributed by atoms with Crippen molar-refractivity contribution in [2.45, 2.75) is 38.5 Å². The molecule has 1 atom stereocenters. The number of aryl methyl sites for hydroxylation is 1. The van der Waals surface area contributed by atoms with Gasteiger partial charge in [0, 0.05) is 26.7 Å². The van der Waals surface area contributed by atoms with Crippen LogP contribution in [0.1, 0.15) is 37.3 Å². The number of amides is 2. The number of carbonyl (C=O) groups is 2. The Morgan fingerprint density at radius 1 is 1.24 bits per heavy atom. The summed E-state index contributed by atoms with van der Waals surface area (Å²) in [6.45, 7) is 4.99. The molecule has 1 aliphatic heterocycles. The lowest BCUT2D eigenvalue weighted by atomic mass is 9.76. The number of methoxy groups -OCH3 is 1. The van der Waals surface area contributed by atoms with Crippen molar-refractivity contribution in [3.8, 4) is 0 Å². The Balaban J connectivity index is 2.26. The van der Waals surface area contributed by atoms with E-state index < -0.39 is 5.41 Å². The van der Waals surface area contributed by atoms with Crippen molar-refractivity contribution in [1.29, 1.82) is 0 Å². The van der Waals surface area contributed by atoms with Crippen LogP contribution in [0.3, 0.4) is 0 Å². The van der Waals surface area contributed by atoms with Gasteiger partial charge in [0.2, 0.25) is 11.8 Å². The average Bonchev–Trinajstić information content (AvgIpc) is 2.73. The molecule has 1 aromatic rings. The number of imide groups is 1. The smallest absolute Gasteiger partial charge is 0.240 e. The van der Waals surface area contributed by atoms with Crippen LogP contribution in [0.25, 0.3) is 0 Å². The number of benzene rings is 1. The lowest BCUT2D eigenvalue weighted by molar-refractivity contribution is -0.140. The van der Waals surface area contributed by atoms with Gasteiger partial charge in [-0.25, -0.2) is 0 Å². The van der Waals surface area contributed by atoms with E-state index in [1.54, 1.807) is 7.11 Å². The minimum absolute atomic E-state index is 0.0602. The maximum Gasteiger partial charge on any atom is 0.240 e. The van der Waals surface area contributed by atoms with Crippen molar-refractivity contribution in [2.75, 3.05) is 20.3 Å². The van der Waals surface area contributed by atoms with Gasteiger partial charge in [0.25, 0.3) is 0 Å². The zero-order chi connectivity index (χ0) is 15.5. The SMILES string of the molecule is CC[C@]1(c2ccc(C)cc2)CC(=O)N(CCCOC)C1=O. The molecular weight excluding hydrogens is 266 g/mol. The number of likely N-dealkylation sites (tertiary alicyclic amines) is 1.